The third-order valence-electron chi connectivity index (χ3n) is 4.44. The fraction of sp³-hybridized carbons (Fsp3) is 0.474. The van der Waals surface area contributed by atoms with Crippen LogP contribution >= 0.6 is 12.4 Å². The van der Waals surface area contributed by atoms with Crippen LogP contribution < -0.4 is 10.6 Å². The van der Waals surface area contributed by atoms with Crippen LogP contribution in [0.5, 0.6) is 0 Å². The molecule has 0 saturated carbocycles. The zero-order valence-electron chi connectivity index (χ0n) is 13.4. The van der Waals surface area contributed by atoms with E-state index in [9.17, 15) is 0 Å². The lowest BCUT2D eigenvalue weighted by molar-refractivity contribution is 0.479. The Hall–Kier alpha value is -1.25. The minimum Gasteiger partial charge on any atom is -0.382 e. The first-order chi connectivity index (χ1) is 10.4. The topological polar surface area (TPSA) is 24.1 Å². The number of unbranched alkanes of at least 4 members (excludes halogenated alkanes) is 1. The lowest BCUT2D eigenvalue weighted by Gasteiger charge is -2.25. The number of hydrogen-bond donors (Lipinski definition) is 2. The summed E-state index contributed by atoms with van der Waals surface area (Å²) in [6.45, 7) is 4.52. The monoisotopic (exact) mass is 318 g/mol. The molecular weight excluding hydrogens is 292 g/mol. The van der Waals surface area contributed by atoms with Crippen molar-refractivity contribution in [3.63, 3.8) is 0 Å². The molecule has 0 atom stereocenters. The van der Waals surface area contributed by atoms with Crippen LogP contribution in [0.4, 0.5) is 5.69 Å². The minimum atomic E-state index is 0. The lowest BCUT2D eigenvalue weighted by Crippen LogP contribution is -2.35. The molecule has 3 heteroatoms. The molecule has 0 bridgehead atoms. The van der Waals surface area contributed by atoms with Crippen molar-refractivity contribution in [2.45, 2.75) is 45.1 Å². The predicted octanol–water partition coefficient (Wildman–Crippen LogP) is 4.77. The quantitative estimate of drug-likeness (QED) is 0.830. The van der Waals surface area contributed by atoms with Crippen molar-refractivity contribution in [1.29, 1.82) is 0 Å². The Morgan fingerprint density at radius 3 is 2.68 bits per heavy atom. The van der Waals surface area contributed by atoms with Gasteiger partial charge in [-0.15, -0.1) is 12.4 Å². The van der Waals surface area contributed by atoms with E-state index in [0.29, 0.717) is 6.04 Å². The highest BCUT2D eigenvalue weighted by molar-refractivity contribution is 5.94. The maximum Gasteiger partial charge on any atom is 0.0424 e. The molecule has 0 amide bonds. The van der Waals surface area contributed by atoms with Crippen molar-refractivity contribution in [1.82, 2.24) is 5.32 Å². The van der Waals surface area contributed by atoms with Crippen LogP contribution in [-0.4, -0.2) is 19.1 Å². The Morgan fingerprint density at radius 1 is 1.14 bits per heavy atom. The third-order valence-corrected chi connectivity index (χ3v) is 4.44. The van der Waals surface area contributed by atoms with E-state index in [4.69, 9.17) is 0 Å². The van der Waals surface area contributed by atoms with Crippen molar-refractivity contribution >= 4 is 28.9 Å². The van der Waals surface area contributed by atoms with Crippen LogP contribution in [0.3, 0.4) is 0 Å². The molecule has 1 fully saturated rings. The maximum atomic E-state index is 3.80. The smallest absolute Gasteiger partial charge is 0.0424 e. The molecule has 0 aromatic heterocycles. The van der Waals surface area contributed by atoms with Gasteiger partial charge in [-0.3, -0.25) is 0 Å². The zero-order chi connectivity index (χ0) is 14.5. The van der Waals surface area contributed by atoms with E-state index in [1.165, 1.54) is 54.1 Å². The summed E-state index contributed by atoms with van der Waals surface area (Å²) >= 11 is 0. The summed E-state index contributed by atoms with van der Waals surface area (Å²) in [5.41, 5.74) is 2.79. The maximum absolute atomic E-state index is 3.80. The second kappa shape index (κ2) is 8.40. The Kier molecular flexibility index (Phi) is 6.53. The van der Waals surface area contributed by atoms with Gasteiger partial charge >= 0.3 is 0 Å². The number of nitrogens with one attached hydrogen (secondary N) is 2. The number of aryl methyl sites for hydroxylation is 1. The standard InChI is InChI=1S/C19H26N2.ClH/c1-2-3-6-15-13-16-7-4-5-8-18(16)19(14-15)21-17-9-11-20-12-10-17;/h4-5,7-8,13-14,17,20-21H,2-3,6,9-12H2,1H3;1H. The molecule has 0 aliphatic carbocycles. The van der Waals surface area contributed by atoms with Crippen LogP contribution in [0, 0.1) is 0 Å². The molecule has 3 rings (SSSR count). The van der Waals surface area contributed by atoms with Gasteiger partial charge in [-0.1, -0.05) is 43.7 Å². The van der Waals surface area contributed by atoms with Gasteiger partial charge in [-0.2, -0.15) is 0 Å². The number of fused-ring (bicyclic) bond motifs is 1. The van der Waals surface area contributed by atoms with Gasteiger partial charge in [-0.25, -0.2) is 0 Å². The molecule has 2 aromatic rings. The number of rotatable bonds is 5. The molecule has 1 aliphatic rings. The summed E-state index contributed by atoms with van der Waals surface area (Å²) in [4.78, 5) is 0. The van der Waals surface area contributed by atoms with Crippen LogP contribution in [-0.2, 0) is 6.42 Å². The van der Waals surface area contributed by atoms with Crippen LogP contribution in [0.15, 0.2) is 36.4 Å². The average Bonchev–Trinajstić information content (AvgIpc) is 2.54. The van der Waals surface area contributed by atoms with Crippen molar-refractivity contribution in [3.05, 3.63) is 42.0 Å². The van der Waals surface area contributed by atoms with E-state index < -0.39 is 0 Å². The summed E-state index contributed by atoms with van der Waals surface area (Å²) in [6.07, 6.45) is 6.14. The first-order valence-electron chi connectivity index (χ1n) is 8.35. The van der Waals surface area contributed by atoms with E-state index in [1.54, 1.807) is 0 Å². The predicted molar refractivity (Wildman–Crippen MR) is 99.3 cm³/mol. The number of halogens is 1. The molecule has 2 N–H and O–H groups in total. The summed E-state index contributed by atoms with van der Waals surface area (Å²) in [5, 5.41) is 9.96. The van der Waals surface area contributed by atoms with Crippen LogP contribution in [0.1, 0.15) is 38.2 Å². The Morgan fingerprint density at radius 2 is 1.91 bits per heavy atom. The van der Waals surface area contributed by atoms with Gasteiger partial charge in [0, 0.05) is 17.1 Å². The molecule has 0 spiro atoms. The van der Waals surface area contributed by atoms with Crippen molar-refractivity contribution in [2.75, 3.05) is 18.4 Å². The van der Waals surface area contributed by atoms with Gasteiger partial charge in [0.1, 0.15) is 0 Å². The Bertz CT molecular complexity index is 591. The molecule has 22 heavy (non-hydrogen) atoms. The van der Waals surface area contributed by atoms with Gasteiger partial charge in [0.2, 0.25) is 0 Å². The third kappa shape index (κ3) is 4.15. The molecule has 1 saturated heterocycles. The van der Waals surface area contributed by atoms with E-state index in [2.05, 4.69) is 54.0 Å². The normalized spacial score (nSPS) is 15.5. The highest BCUT2D eigenvalue weighted by Gasteiger charge is 2.14. The SMILES string of the molecule is CCCCc1cc(NC2CCNCC2)c2ccccc2c1.Cl. The number of hydrogen-bond acceptors (Lipinski definition) is 2. The first-order valence-corrected chi connectivity index (χ1v) is 8.35. The van der Waals surface area contributed by atoms with E-state index in [1.807, 2.05) is 0 Å². The summed E-state index contributed by atoms with van der Waals surface area (Å²) in [5.74, 6) is 0. The highest BCUT2D eigenvalue weighted by Crippen LogP contribution is 2.28. The molecule has 1 heterocycles. The summed E-state index contributed by atoms with van der Waals surface area (Å²) < 4.78 is 0. The fourth-order valence-electron chi connectivity index (χ4n) is 3.20. The highest BCUT2D eigenvalue weighted by atomic mass is 35.5. The second-order valence-electron chi connectivity index (χ2n) is 6.14. The molecular formula is C19H27ClN2. The first kappa shape index (κ1) is 17.1. The van der Waals surface area contributed by atoms with Gasteiger partial charge in [0.05, 0.1) is 0 Å². The van der Waals surface area contributed by atoms with Crippen molar-refractivity contribution < 1.29 is 0 Å². The number of anilines is 1. The van der Waals surface area contributed by atoms with E-state index in [-0.39, 0.29) is 12.4 Å². The van der Waals surface area contributed by atoms with Crippen molar-refractivity contribution in [2.24, 2.45) is 0 Å². The Balaban J connectivity index is 0.00000176. The zero-order valence-corrected chi connectivity index (χ0v) is 14.2. The molecule has 120 valence electrons. The molecule has 0 unspecified atom stereocenters. The number of benzene rings is 2. The van der Waals surface area contributed by atoms with Gasteiger partial charge in [0.15, 0.2) is 0 Å². The average molecular weight is 319 g/mol. The number of piperidine rings is 1. The fourth-order valence-corrected chi connectivity index (χ4v) is 3.20. The minimum absolute atomic E-state index is 0. The largest absolute Gasteiger partial charge is 0.382 e. The van der Waals surface area contributed by atoms with Crippen molar-refractivity contribution in [3.8, 4) is 0 Å². The van der Waals surface area contributed by atoms with E-state index in [0.717, 1.165) is 13.1 Å². The molecule has 2 nitrogen and oxygen atoms in total. The van der Waals surface area contributed by atoms with Gasteiger partial charge < -0.3 is 10.6 Å². The van der Waals surface area contributed by atoms with Gasteiger partial charge in [0.25, 0.3) is 0 Å². The van der Waals surface area contributed by atoms with Gasteiger partial charge in [-0.05, 0) is 55.8 Å². The molecule has 0 radical (unpaired) electrons. The Labute approximate surface area is 140 Å². The van der Waals surface area contributed by atoms with Crippen LogP contribution in [0.25, 0.3) is 10.8 Å². The van der Waals surface area contributed by atoms with Crippen LogP contribution in [0.2, 0.25) is 0 Å². The molecule has 2 aromatic carbocycles. The molecule has 1 aliphatic heterocycles. The lowest BCUT2D eigenvalue weighted by atomic mass is 9.99. The summed E-state index contributed by atoms with van der Waals surface area (Å²) in [7, 11) is 0. The second-order valence-corrected chi connectivity index (χ2v) is 6.14. The summed E-state index contributed by atoms with van der Waals surface area (Å²) in [6, 6.07) is 14.1. The van der Waals surface area contributed by atoms with E-state index >= 15 is 0 Å².